The quantitative estimate of drug-likeness (QED) is 0.231. The third-order valence-corrected chi connectivity index (χ3v) is 4.84. The summed E-state index contributed by atoms with van der Waals surface area (Å²) in [6, 6.07) is 16.8. The van der Waals surface area contributed by atoms with Gasteiger partial charge in [-0.15, -0.1) is 0 Å². The molecule has 10 heteroatoms. The number of halogens is 2. The first-order chi connectivity index (χ1) is 14.6. The summed E-state index contributed by atoms with van der Waals surface area (Å²) in [5.41, 5.74) is 2.61. The van der Waals surface area contributed by atoms with E-state index in [9.17, 15) is 14.4 Å². The van der Waals surface area contributed by atoms with Gasteiger partial charge in [0.25, 0.3) is 5.91 Å². The lowest BCUT2D eigenvalue weighted by molar-refractivity contribution is 0.102. The first-order valence-corrected chi connectivity index (χ1v) is 9.42. The molecule has 0 aliphatic rings. The van der Waals surface area contributed by atoms with Crippen molar-refractivity contribution in [3.05, 3.63) is 82.2 Å². The molecule has 0 saturated carbocycles. The first-order valence-electron chi connectivity index (χ1n) is 8.62. The molecule has 0 saturated heterocycles. The van der Waals surface area contributed by atoms with E-state index in [2.05, 4.69) is 36.6 Å². The van der Waals surface area contributed by atoms with Crippen LogP contribution in [-0.2, 0) is 0 Å². The largest absolute Gasteiger partial charge is 0.302 e. The molecule has 30 heavy (non-hydrogen) atoms. The van der Waals surface area contributed by atoms with Crippen LogP contribution in [0.5, 0.6) is 0 Å². The van der Waals surface area contributed by atoms with Crippen molar-refractivity contribution < 1.29 is 19.0 Å². The van der Waals surface area contributed by atoms with Gasteiger partial charge in [-0.1, -0.05) is 36.4 Å². The third-order valence-electron chi connectivity index (χ3n) is 4.23. The molecule has 1 aromatic heterocycles. The molecule has 0 spiro atoms. The van der Waals surface area contributed by atoms with Gasteiger partial charge in [-0.05, 0) is 61.3 Å². The number of amides is 1. The van der Waals surface area contributed by atoms with Gasteiger partial charge < -0.3 is 5.32 Å². The molecule has 150 valence electrons. The lowest BCUT2D eigenvalue weighted by atomic mass is 10.0. The number of carbonyl (C=O) groups excluding carboxylic acids is 1. The summed E-state index contributed by atoms with van der Waals surface area (Å²) in [7, 11) is 0. The van der Waals surface area contributed by atoms with Crippen molar-refractivity contribution in [3.63, 3.8) is 0 Å². The maximum Gasteiger partial charge on any atom is 0.257 e. The van der Waals surface area contributed by atoms with Crippen molar-refractivity contribution in [3.8, 4) is 0 Å². The molecule has 3 N–H and O–H groups in total. The van der Waals surface area contributed by atoms with Crippen molar-refractivity contribution in [2.75, 3.05) is 5.32 Å². The zero-order chi connectivity index (χ0) is 21.1. The summed E-state index contributed by atoms with van der Waals surface area (Å²) < 4.78 is 18.3. The van der Waals surface area contributed by atoms with E-state index in [-0.39, 0.29) is 21.8 Å². The van der Waals surface area contributed by atoms with Gasteiger partial charge in [0, 0.05) is 5.56 Å². The second-order valence-corrected chi connectivity index (χ2v) is 6.97. The number of nitrogens with zero attached hydrogens (tertiary/aromatic N) is 3. The van der Waals surface area contributed by atoms with Crippen LogP contribution < -0.4 is 10.8 Å². The molecule has 0 aliphatic heterocycles. The van der Waals surface area contributed by atoms with Crippen LogP contribution in [0.2, 0.25) is 0 Å². The zero-order valence-corrected chi connectivity index (χ0v) is 16.7. The van der Waals surface area contributed by atoms with Crippen LogP contribution in [0.3, 0.4) is 0 Å². The standard InChI is InChI=1S/C20H13BrFN5O3/c21-15-10-12(8-9-16(15)22)23-18(25-29)17-19(27-30-26-17)24-20(28)14-7-3-5-11-4-1-2-6-13(11)14/h1-10,29H,(H,23,25)(H,24,27,28). The molecule has 0 bridgehead atoms. The minimum atomic E-state index is -0.460. The topological polar surface area (TPSA) is 113 Å². The number of carbonyl (C=O) groups is 1. The fraction of sp³-hybridized carbons (Fsp3) is 0. The highest BCUT2D eigenvalue weighted by Gasteiger charge is 2.20. The van der Waals surface area contributed by atoms with Gasteiger partial charge >= 0.3 is 0 Å². The Bertz CT molecular complexity index is 1270. The summed E-state index contributed by atoms with van der Waals surface area (Å²) >= 11 is 3.07. The Labute approximate surface area is 177 Å². The number of anilines is 1. The van der Waals surface area contributed by atoms with Crippen LogP contribution >= 0.6 is 15.9 Å². The van der Waals surface area contributed by atoms with Crippen LogP contribution in [0.25, 0.3) is 10.8 Å². The maximum absolute atomic E-state index is 13.4. The Morgan fingerprint density at radius 3 is 2.70 bits per heavy atom. The maximum atomic E-state index is 13.4. The van der Waals surface area contributed by atoms with E-state index < -0.39 is 11.7 Å². The van der Waals surface area contributed by atoms with E-state index in [1.54, 1.807) is 12.1 Å². The van der Waals surface area contributed by atoms with Crippen LogP contribution in [0.4, 0.5) is 15.9 Å². The van der Waals surface area contributed by atoms with Gasteiger partial charge in [-0.2, -0.15) is 0 Å². The number of rotatable bonds is 4. The van der Waals surface area contributed by atoms with Crippen LogP contribution in [0, 0.1) is 5.82 Å². The third kappa shape index (κ3) is 3.91. The average Bonchev–Trinajstić information content (AvgIpc) is 3.21. The van der Waals surface area contributed by atoms with Crippen molar-refractivity contribution in [2.45, 2.75) is 0 Å². The Hall–Kier alpha value is -3.63. The monoisotopic (exact) mass is 469 g/mol. The summed E-state index contributed by atoms with van der Waals surface area (Å²) in [5.74, 6) is -1.10. The number of hydroxylamine groups is 1. The predicted octanol–water partition coefficient (Wildman–Crippen LogP) is 4.43. The SMILES string of the molecule is O=C(Nc1nonc1C(=Nc1ccc(F)c(Br)c1)NO)c1cccc2ccccc12. The van der Waals surface area contributed by atoms with Crippen LogP contribution in [-0.4, -0.2) is 27.3 Å². The molecule has 0 fully saturated rings. The lowest BCUT2D eigenvalue weighted by Gasteiger charge is -2.07. The molecule has 0 radical (unpaired) electrons. The molecule has 3 aromatic carbocycles. The number of amidine groups is 1. The second kappa shape index (κ2) is 8.39. The molecule has 1 heterocycles. The summed E-state index contributed by atoms with van der Waals surface area (Å²) in [6.45, 7) is 0. The van der Waals surface area contributed by atoms with E-state index in [0.717, 1.165) is 10.8 Å². The molecule has 1 amide bonds. The summed E-state index contributed by atoms with van der Waals surface area (Å²) in [6.07, 6.45) is 0. The van der Waals surface area contributed by atoms with Crippen LogP contribution in [0.1, 0.15) is 16.1 Å². The minimum Gasteiger partial charge on any atom is -0.302 e. The van der Waals surface area contributed by atoms with Crippen LogP contribution in [0.15, 0.2) is 74.8 Å². The van der Waals surface area contributed by atoms with E-state index in [1.807, 2.05) is 35.8 Å². The minimum absolute atomic E-state index is 0.0356. The molecule has 0 unspecified atom stereocenters. The van der Waals surface area contributed by atoms with E-state index >= 15 is 0 Å². The van der Waals surface area contributed by atoms with Crippen molar-refractivity contribution >= 4 is 50.0 Å². The normalized spacial score (nSPS) is 11.5. The van der Waals surface area contributed by atoms with Gasteiger partial charge in [0.15, 0.2) is 11.5 Å². The van der Waals surface area contributed by atoms with Crippen molar-refractivity contribution in [1.29, 1.82) is 0 Å². The average molecular weight is 470 g/mol. The molecule has 4 aromatic rings. The fourth-order valence-corrected chi connectivity index (χ4v) is 3.21. The highest BCUT2D eigenvalue weighted by molar-refractivity contribution is 9.10. The number of hydrogen-bond donors (Lipinski definition) is 3. The van der Waals surface area contributed by atoms with Crippen molar-refractivity contribution in [1.82, 2.24) is 15.8 Å². The zero-order valence-electron chi connectivity index (χ0n) is 15.1. The van der Waals surface area contributed by atoms with Gasteiger partial charge in [-0.25, -0.2) is 14.0 Å². The molecule has 0 aliphatic carbocycles. The van der Waals surface area contributed by atoms with E-state index in [4.69, 9.17) is 4.63 Å². The Balaban J connectivity index is 1.66. The summed E-state index contributed by atoms with van der Waals surface area (Å²) in [4.78, 5) is 17.0. The smallest absolute Gasteiger partial charge is 0.257 e. The molecule has 8 nitrogen and oxygen atoms in total. The van der Waals surface area contributed by atoms with Crippen molar-refractivity contribution in [2.24, 2.45) is 4.99 Å². The predicted molar refractivity (Wildman–Crippen MR) is 111 cm³/mol. The number of aromatic nitrogens is 2. The number of aliphatic imine (C=N–C) groups is 1. The summed E-state index contributed by atoms with van der Waals surface area (Å²) in [5, 5.41) is 21.2. The molecule has 0 atom stereocenters. The number of benzene rings is 3. The fourth-order valence-electron chi connectivity index (χ4n) is 2.84. The molecular formula is C20H13BrFN5O3. The van der Waals surface area contributed by atoms with Gasteiger partial charge in [0.1, 0.15) is 5.82 Å². The Kier molecular flexibility index (Phi) is 5.50. The first kappa shape index (κ1) is 19.7. The molecular weight excluding hydrogens is 457 g/mol. The number of fused-ring (bicyclic) bond motifs is 1. The van der Waals surface area contributed by atoms with E-state index in [1.165, 1.54) is 18.2 Å². The van der Waals surface area contributed by atoms with Gasteiger partial charge in [-0.3, -0.25) is 15.5 Å². The lowest BCUT2D eigenvalue weighted by Crippen LogP contribution is -2.23. The number of hydrogen-bond acceptors (Lipinski definition) is 6. The highest BCUT2D eigenvalue weighted by atomic mass is 79.9. The van der Waals surface area contributed by atoms with Gasteiger partial charge in [0.05, 0.1) is 10.2 Å². The Morgan fingerprint density at radius 2 is 1.90 bits per heavy atom. The highest BCUT2D eigenvalue weighted by Crippen LogP contribution is 2.24. The number of nitrogens with one attached hydrogen (secondary N) is 2. The van der Waals surface area contributed by atoms with E-state index in [0.29, 0.717) is 11.3 Å². The molecule has 4 rings (SSSR count). The second-order valence-electron chi connectivity index (χ2n) is 6.11. The van der Waals surface area contributed by atoms with Gasteiger partial charge in [0.2, 0.25) is 5.82 Å². The Morgan fingerprint density at radius 1 is 1.10 bits per heavy atom.